The number of nitrogens with zero attached hydrogens (tertiary/aromatic N) is 1. The van der Waals surface area contributed by atoms with Crippen LogP contribution in [-0.2, 0) is 19.4 Å². The zero-order chi connectivity index (χ0) is 20.0. The van der Waals surface area contributed by atoms with Crippen molar-refractivity contribution in [3.8, 4) is 5.88 Å². The molecule has 0 aliphatic carbocycles. The number of carbonyl (C=O) groups excluding carboxylic acids is 1. The predicted molar refractivity (Wildman–Crippen MR) is 101 cm³/mol. The molecule has 0 atom stereocenters. The number of hydrogen-bond acceptors (Lipinski definition) is 7. The van der Waals surface area contributed by atoms with Gasteiger partial charge >= 0.3 is 5.97 Å². The number of aryl methyl sites for hydroxylation is 1. The summed E-state index contributed by atoms with van der Waals surface area (Å²) in [6.07, 6.45) is 1.14. The van der Waals surface area contributed by atoms with E-state index in [0.717, 1.165) is 6.26 Å². The fourth-order valence-electron chi connectivity index (χ4n) is 2.85. The van der Waals surface area contributed by atoms with Gasteiger partial charge in [-0.3, -0.25) is 0 Å². The van der Waals surface area contributed by atoms with Gasteiger partial charge in [-0.15, -0.1) is 0 Å². The lowest BCUT2D eigenvalue weighted by Crippen LogP contribution is -2.22. The minimum Gasteiger partial charge on any atom is -0.449 e. The average molecular weight is 388 g/mol. The van der Waals surface area contributed by atoms with Gasteiger partial charge in [0, 0.05) is 12.3 Å². The highest BCUT2D eigenvalue weighted by molar-refractivity contribution is 7.90. The van der Waals surface area contributed by atoms with Crippen molar-refractivity contribution in [1.82, 2.24) is 4.98 Å². The van der Waals surface area contributed by atoms with Crippen molar-refractivity contribution in [3.05, 3.63) is 53.4 Å². The van der Waals surface area contributed by atoms with Gasteiger partial charge in [0.15, 0.2) is 9.84 Å². The molecule has 2 aromatic rings. The average Bonchev–Trinajstić information content (AvgIpc) is 2.78. The number of cyclic esters (lactones) is 1. The number of aromatic nitrogens is 1. The van der Waals surface area contributed by atoms with Gasteiger partial charge in [-0.1, -0.05) is 12.1 Å². The highest BCUT2D eigenvalue weighted by Crippen LogP contribution is 2.40. The van der Waals surface area contributed by atoms with Gasteiger partial charge in [-0.25, -0.2) is 18.2 Å². The molecular formula is C19H20N2O5S. The van der Waals surface area contributed by atoms with Crippen LogP contribution < -0.4 is 10.5 Å². The highest BCUT2D eigenvalue weighted by Gasteiger charge is 2.43. The van der Waals surface area contributed by atoms with E-state index in [4.69, 9.17) is 15.2 Å². The maximum Gasteiger partial charge on any atom is 0.375 e. The quantitative estimate of drug-likeness (QED) is 0.802. The molecule has 8 heteroatoms. The lowest BCUT2D eigenvalue weighted by molar-refractivity contribution is -0.145. The summed E-state index contributed by atoms with van der Waals surface area (Å²) < 4.78 is 34.5. The third-order valence-electron chi connectivity index (χ3n) is 4.24. The van der Waals surface area contributed by atoms with E-state index in [0.29, 0.717) is 22.5 Å². The molecule has 1 aliphatic heterocycles. The van der Waals surface area contributed by atoms with Crippen LogP contribution in [0.5, 0.6) is 5.88 Å². The molecule has 0 radical (unpaired) electrons. The Labute approximate surface area is 157 Å². The first-order valence-corrected chi connectivity index (χ1v) is 10.1. The Bertz CT molecular complexity index is 1050. The molecule has 0 fully saturated rings. The van der Waals surface area contributed by atoms with E-state index in [9.17, 15) is 13.2 Å². The molecule has 1 aromatic heterocycles. The van der Waals surface area contributed by atoms with Crippen molar-refractivity contribution in [1.29, 1.82) is 0 Å². The first kappa shape index (κ1) is 18.9. The smallest absolute Gasteiger partial charge is 0.375 e. The Kier molecular flexibility index (Phi) is 4.47. The van der Waals surface area contributed by atoms with Crippen molar-refractivity contribution in [2.45, 2.75) is 31.3 Å². The second-order valence-electron chi connectivity index (χ2n) is 6.83. The van der Waals surface area contributed by atoms with E-state index >= 15 is 0 Å². The van der Waals surface area contributed by atoms with Crippen LogP contribution in [0.25, 0.3) is 5.57 Å². The highest BCUT2D eigenvalue weighted by atomic mass is 32.2. The minimum atomic E-state index is -3.32. The molecule has 0 saturated heterocycles. The van der Waals surface area contributed by atoms with E-state index < -0.39 is 21.4 Å². The molecule has 2 N–H and O–H groups in total. The number of pyridine rings is 1. The summed E-state index contributed by atoms with van der Waals surface area (Å²) in [4.78, 5) is 16.8. The van der Waals surface area contributed by atoms with Gasteiger partial charge in [-0.2, -0.15) is 0 Å². The topological polar surface area (TPSA) is 109 Å². The van der Waals surface area contributed by atoms with Gasteiger partial charge in [0.05, 0.1) is 21.8 Å². The minimum absolute atomic E-state index is 0.0174. The molecule has 0 amide bonds. The molecule has 7 nitrogen and oxygen atoms in total. The van der Waals surface area contributed by atoms with Crippen molar-refractivity contribution in [2.24, 2.45) is 0 Å². The van der Waals surface area contributed by atoms with Gasteiger partial charge in [0.25, 0.3) is 0 Å². The van der Waals surface area contributed by atoms with Crippen LogP contribution in [-0.4, -0.2) is 31.2 Å². The maximum absolute atomic E-state index is 12.4. The van der Waals surface area contributed by atoms with Crippen LogP contribution in [0.1, 0.15) is 25.1 Å². The molecule has 3 rings (SSSR count). The van der Waals surface area contributed by atoms with Crippen molar-refractivity contribution in [3.63, 3.8) is 0 Å². The number of esters is 1. The van der Waals surface area contributed by atoms with Crippen LogP contribution in [0.2, 0.25) is 0 Å². The Morgan fingerprint density at radius 1 is 1.11 bits per heavy atom. The number of sulfone groups is 1. The van der Waals surface area contributed by atoms with Crippen LogP contribution in [0, 0.1) is 6.92 Å². The SMILES string of the molecule is Cc1nc(OC2=C(c3ccc(S(C)(=O)=O)cc3)C(C)(C)OC2=O)ccc1N. The lowest BCUT2D eigenvalue weighted by Gasteiger charge is -2.21. The molecule has 27 heavy (non-hydrogen) atoms. The normalized spacial score (nSPS) is 16.4. The standard InChI is InChI=1S/C19H20N2O5S/c1-11-14(20)9-10-15(21-11)25-17-16(19(2,3)26-18(17)22)12-5-7-13(8-6-12)27(4,23)24/h5-10H,20H2,1-4H3. The van der Waals surface area contributed by atoms with Gasteiger partial charge < -0.3 is 15.2 Å². The van der Waals surface area contributed by atoms with E-state index in [1.165, 1.54) is 12.1 Å². The number of carbonyl (C=O) groups is 1. The van der Waals surface area contributed by atoms with Crippen LogP contribution in [0.4, 0.5) is 5.69 Å². The number of rotatable bonds is 4. The van der Waals surface area contributed by atoms with E-state index in [1.807, 2.05) is 0 Å². The largest absolute Gasteiger partial charge is 0.449 e. The van der Waals surface area contributed by atoms with Crippen LogP contribution >= 0.6 is 0 Å². The maximum atomic E-state index is 12.4. The first-order chi connectivity index (χ1) is 12.5. The molecule has 0 unspecified atom stereocenters. The number of anilines is 1. The summed E-state index contributed by atoms with van der Waals surface area (Å²) in [5.74, 6) is -0.376. The number of hydrogen-bond donors (Lipinski definition) is 1. The second-order valence-corrected chi connectivity index (χ2v) is 8.84. The van der Waals surface area contributed by atoms with E-state index in [2.05, 4.69) is 4.98 Å². The number of nitrogen functional groups attached to an aromatic ring is 1. The molecule has 0 bridgehead atoms. The van der Waals surface area contributed by atoms with Crippen molar-refractivity contribution >= 4 is 27.1 Å². The zero-order valence-corrected chi connectivity index (χ0v) is 16.3. The van der Waals surface area contributed by atoms with Gasteiger partial charge in [0.2, 0.25) is 11.6 Å². The number of benzene rings is 1. The summed E-state index contributed by atoms with van der Waals surface area (Å²) >= 11 is 0. The Morgan fingerprint density at radius 2 is 1.74 bits per heavy atom. The molecule has 1 aromatic carbocycles. The summed E-state index contributed by atoms with van der Waals surface area (Å²) in [5, 5.41) is 0. The van der Waals surface area contributed by atoms with Crippen LogP contribution in [0.3, 0.4) is 0 Å². The summed E-state index contributed by atoms with van der Waals surface area (Å²) in [5.41, 5.74) is 7.06. The molecule has 0 spiro atoms. The van der Waals surface area contributed by atoms with Crippen molar-refractivity contribution < 1.29 is 22.7 Å². The molecule has 2 heterocycles. The molecule has 142 valence electrons. The fourth-order valence-corrected chi connectivity index (χ4v) is 3.49. The van der Waals surface area contributed by atoms with Crippen LogP contribution in [0.15, 0.2) is 47.1 Å². The fraction of sp³-hybridized carbons (Fsp3) is 0.263. The summed E-state index contributed by atoms with van der Waals surface area (Å²) in [6, 6.07) is 9.43. The molecule has 0 saturated carbocycles. The monoisotopic (exact) mass is 388 g/mol. The van der Waals surface area contributed by atoms with Gasteiger partial charge in [0.1, 0.15) is 5.60 Å². The predicted octanol–water partition coefficient (Wildman–Crippen LogP) is 2.50. The number of ether oxygens (including phenoxy) is 2. The van der Waals surface area contributed by atoms with Crippen molar-refractivity contribution in [2.75, 3.05) is 12.0 Å². The summed E-state index contributed by atoms with van der Waals surface area (Å²) in [7, 11) is -3.32. The Morgan fingerprint density at radius 3 is 2.30 bits per heavy atom. The Hall–Kier alpha value is -2.87. The third-order valence-corrected chi connectivity index (χ3v) is 5.37. The van der Waals surface area contributed by atoms with E-state index in [-0.39, 0.29) is 16.5 Å². The van der Waals surface area contributed by atoms with E-state index in [1.54, 1.807) is 45.0 Å². The molecule has 1 aliphatic rings. The first-order valence-electron chi connectivity index (χ1n) is 8.18. The zero-order valence-electron chi connectivity index (χ0n) is 15.4. The number of nitrogens with two attached hydrogens (primary N) is 1. The second kappa shape index (κ2) is 6.38. The third kappa shape index (κ3) is 3.66. The lowest BCUT2D eigenvalue weighted by atomic mass is 9.92. The molecular weight excluding hydrogens is 368 g/mol. The summed E-state index contributed by atoms with van der Waals surface area (Å²) in [6.45, 7) is 5.21. The van der Waals surface area contributed by atoms with Gasteiger partial charge in [-0.05, 0) is 44.5 Å². The Balaban J connectivity index is 2.08.